The second-order valence-electron chi connectivity index (χ2n) is 3.06. The average molecular weight is 212 g/mol. The number of thioether (sulfide) groups is 1. The van der Waals surface area contributed by atoms with Gasteiger partial charge < -0.3 is 10.8 Å². The molecule has 0 atom stereocenters. The van der Waals surface area contributed by atoms with Gasteiger partial charge in [0.15, 0.2) is 0 Å². The molecule has 0 radical (unpaired) electrons. The Morgan fingerprint density at radius 1 is 1.57 bits per heavy atom. The van der Waals surface area contributed by atoms with Gasteiger partial charge in [-0.3, -0.25) is 0 Å². The van der Waals surface area contributed by atoms with Crippen molar-refractivity contribution >= 4 is 23.4 Å². The van der Waals surface area contributed by atoms with Gasteiger partial charge in [0, 0.05) is 5.25 Å². The number of anilines is 1. The third kappa shape index (κ3) is 2.63. The highest BCUT2D eigenvalue weighted by Gasteiger charge is 2.10. The molecule has 5 heteroatoms. The molecule has 76 valence electrons. The van der Waals surface area contributed by atoms with Crippen LogP contribution in [0.4, 0.5) is 5.69 Å². The van der Waals surface area contributed by atoms with Crippen LogP contribution in [0.1, 0.15) is 24.3 Å². The van der Waals surface area contributed by atoms with Crippen LogP contribution in [-0.4, -0.2) is 21.3 Å². The van der Waals surface area contributed by atoms with E-state index in [1.165, 1.54) is 17.8 Å². The predicted octanol–water partition coefficient (Wildman–Crippen LogP) is 1.86. The van der Waals surface area contributed by atoms with Gasteiger partial charge in [-0.1, -0.05) is 13.8 Å². The molecule has 0 aliphatic rings. The standard InChI is InChI=1S/C9H12N2O2S/c1-5(2)14-8-6(10)3-4-7(11-8)9(12)13/h3-5H,10H2,1-2H3,(H,12,13). The molecule has 0 saturated carbocycles. The summed E-state index contributed by atoms with van der Waals surface area (Å²) in [4.78, 5) is 14.6. The van der Waals surface area contributed by atoms with Gasteiger partial charge in [0.2, 0.25) is 0 Å². The van der Waals surface area contributed by atoms with E-state index in [0.29, 0.717) is 16.0 Å². The molecule has 0 aromatic carbocycles. The van der Waals surface area contributed by atoms with Gasteiger partial charge in [-0.25, -0.2) is 9.78 Å². The summed E-state index contributed by atoms with van der Waals surface area (Å²) < 4.78 is 0. The van der Waals surface area contributed by atoms with Crippen molar-refractivity contribution in [3.8, 4) is 0 Å². The molecule has 4 nitrogen and oxygen atoms in total. The van der Waals surface area contributed by atoms with Crippen LogP contribution in [0, 0.1) is 0 Å². The molecular weight excluding hydrogens is 200 g/mol. The molecule has 1 aromatic heterocycles. The summed E-state index contributed by atoms with van der Waals surface area (Å²) in [7, 11) is 0. The number of aromatic nitrogens is 1. The Morgan fingerprint density at radius 2 is 2.21 bits per heavy atom. The van der Waals surface area contributed by atoms with E-state index in [-0.39, 0.29) is 5.69 Å². The van der Waals surface area contributed by atoms with Crippen molar-refractivity contribution in [2.24, 2.45) is 0 Å². The Morgan fingerprint density at radius 3 is 2.71 bits per heavy atom. The first-order valence-corrected chi connectivity index (χ1v) is 5.05. The van der Waals surface area contributed by atoms with Crippen LogP contribution in [0.25, 0.3) is 0 Å². The van der Waals surface area contributed by atoms with Crippen molar-refractivity contribution in [2.75, 3.05) is 5.73 Å². The molecule has 0 bridgehead atoms. The fraction of sp³-hybridized carbons (Fsp3) is 0.333. The highest BCUT2D eigenvalue weighted by Crippen LogP contribution is 2.26. The molecule has 0 fully saturated rings. The minimum atomic E-state index is -1.03. The van der Waals surface area contributed by atoms with Gasteiger partial charge in [-0.2, -0.15) is 0 Å². The van der Waals surface area contributed by atoms with E-state index < -0.39 is 5.97 Å². The van der Waals surface area contributed by atoms with E-state index in [9.17, 15) is 4.79 Å². The SMILES string of the molecule is CC(C)Sc1nc(C(=O)O)ccc1N. The Hall–Kier alpha value is -1.23. The number of nitrogens with two attached hydrogens (primary N) is 1. The fourth-order valence-corrected chi connectivity index (χ4v) is 1.69. The molecule has 3 N–H and O–H groups in total. The Kier molecular flexibility index (Phi) is 3.35. The smallest absolute Gasteiger partial charge is 0.354 e. The van der Waals surface area contributed by atoms with Gasteiger partial charge >= 0.3 is 5.97 Å². The number of carboxylic acid groups (broad SMARTS) is 1. The highest BCUT2D eigenvalue weighted by atomic mass is 32.2. The second-order valence-corrected chi connectivity index (χ2v) is 4.63. The molecule has 1 heterocycles. The molecular formula is C9H12N2O2S. The van der Waals surface area contributed by atoms with Crippen LogP contribution < -0.4 is 5.73 Å². The molecule has 1 aromatic rings. The zero-order valence-electron chi connectivity index (χ0n) is 8.02. The largest absolute Gasteiger partial charge is 0.477 e. The number of nitrogen functional groups attached to an aromatic ring is 1. The van der Waals surface area contributed by atoms with Gasteiger partial charge in [-0.15, -0.1) is 11.8 Å². The van der Waals surface area contributed by atoms with Crippen molar-refractivity contribution in [1.29, 1.82) is 0 Å². The Labute approximate surface area is 86.5 Å². The zero-order chi connectivity index (χ0) is 10.7. The summed E-state index contributed by atoms with van der Waals surface area (Å²) in [6.45, 7) is 4.00. The van der Waals surface area contributed by atoms with E-state index in [4.69, 9.17) is 10.8 Å². The minimum Gasteiger partial charge on any atom is -0.477 e. The number of aromatic carboxylic acids is 1. The first-order valence-electron chi connectivity index (χ1n) is 4.17. The third-order valence-corrected chi connectivity index (χ3v) is 2.48. The molecule has 0 spiro atoms. The van der Waals surface area contributed by atoms with E-state index in [1.54, 1.807) is 6.07 Å². The van der Waals surface area contributed by atoms with Crippen LogP contribution in [-0.2, 0) is 0 Å². The number of pyridine rings is 1. The van der Waals surface area contributed by atoms with Crippen LogP contribution in [0.5, 0.6) is 0 Å². The number of carbonyl (C=O) groups is 1. The molecule has 0 aliphatic heterocycles. The number of hydrogen-bond acceptors (Lipinski definition) is 4. The molecule has 0 aliphatic carbocycles. The van der Waals surface area contributed by atoms with E-state index in [0.717, 1.165) is 0 Å². The lowest BCUT2D eigenvalue weighted by atomic mass is 10.3. The van der Waals surface area contributed by atoms with Crippen molar-refractivity contribution < 1.29 is 9.90 Å². The predicted molar refractivity (Wildman–Crippen MR) is 56.6 cm³/mol. The second kappa shape index (κ2) is 4.32. The normalized spacial score (nSPS) is 10.5. The van der Waals surface area contributed by atoms with Crippen molar-refractivity contribution in [3.05, 3.63) is 17.8 Å². The lowest BCUT2D eigenvalue weighted by Crippen LogP contribution is -2.04. The Bertz CT molecular complexity index is 353. The van der Waals surface area contributed by atoms with E-state index >= 15 is 0 Å². The summed E-state index contributed by atoms with van der Waals surface area (Å²) in [5.41, 5.74) is 6.21. The monoisotopic (exact) mass is 212 g/mol. The molecule has 14 heavy (non-hydrogen) atoms. The van der Waals surface area contributed by atoms with E-state index in [2.05, 4.69) is 4.98 Å². The maximum absolute atomic E-state index is 10.6. The summed E-state index contributed by atoms with van der Waals surface area (Å²) in [5.74, 6) is -1.03. The van der Waals surface area contributed by atoms with Gasteiger partial charge in [0.05, 0.1) is 5.69 Å². The maximum Gasteiger partial charge on any atom is 0.354 e. The topological polar surface area (TPSA) is 76.2 Å². The van der Waals surface area contributed by atoms with Crippen LogP contribution >= 0.6 is 11.8 Å². The van der Waals surface area contributed by atoms with Crippen LogP contribution in [0.2, 0.25) is 0 Å². The number of carboxylic acids is 1. The van der Waals surface area contributed by atoms with Crippen LogP contribution in [0.3, 0.4) is 0 Å². The first kappa shape index (κ1) is 10.8. The molecule has 0 saturated heterocycles. The van der Waals surface area contributed by atoms with Crippen molar-refractivity contribution in [1.82, 2.24) is 4.98 Å². The summed E-state index contributed by atoms with van der Waals surface area (Å²) >= 11 is 1.46. The molecule has 1 rings (SSSR count). The zero-order valence-corrected chi connectivity index (χ0v) is 8.84. The third-order valence-electron chi connectivity index (χ3n) is 1.46. The van der Waals surface area contributed by atoms with Gasteiger partial charge in [0.25, 0.3) is 0 Å². The molecule has 0 unspecified atom stereocenters. The lowest BCUT2D eigenvalue weighted by Gasteiger charge is -2.07. The van der Waals surface area contributed by atoms with Gasteiger partial charge in [0.1, 0.15) is 10.7 Å². The maximum atomic E-state index is 10.6. The number of hydrogen-bond donors (Lipinski definition) is 2. The van der Waals surface area contributed by atoms with Crippen molar-refractivity contribution in [2.45, 2.75) is 24.1 Å². The Balaban J connectivity index is 3.02. The van der Waals surface area contributed by atoms with Gasteiger partial charge in [-0.05, 0) is 12.1 Å². The summed E-state index contributed by atoms with van der Waals surface area (Å²) in [6.07, 6.45) is 0. The minimum absolute atomic E-state index is 0.0300. The van der Waals surface area contributed by atoms with Crippen molar-refractivity contribution in [3.63, 3.8) is 0 Å². The average Bonchev–Trinajstić information content (AvgIpc) is 2.07. The summed E-state index contributed by atoms with van der Waals surface area (Å²) in [6, 6.07) is 2.98. The number of nitrogens with zero attached hydrogens (tertiary/aromatic N) is 1. The highest BCUT2D eigenvalue weighted by molar-refractivity contribution is 7.99. The molecule has 0 amide bonds. The lowest BCUT2D eigenvalue weighted by molar-refractivity contribution is 0.0690. The summed E-state index contributed by atoms with van der Waals surface area (Å²) in [5, 5.41) is 9.63. The number of rotatable bonds is 3. The first-order chi connectivity index (χ1) is 6.50. The fourth-order valence-electron chi connectivity index (χ4n) is 0.888. The quantitative estimate of drug-likeness (QED) is 0.748. The van der Waals surface area contributed by atoms with Crippen LogP contribution in [0.15, 0.2) is 17.2 Å². The van der Waals surface area contributed by atoms with E-state index in [1.807, 2.05) is 13.8 Å².